The van der Waals surface area contributed by atoms with Gasteiger partial charge in [-0.3, -0.25) is 0 Å². The third kappa shape index (κ3) is 16.1. The molecule has 1 atom stereocenters. The SMILES string of the molecule is C=C(C(C)C)C(CC)CNC.C=CCCCCC1CCCCC1.CC1CC1. The first kappa shape index (κ1) is 26.4. The maximum absolute atomic E-state index is 4.10. The van der Waals surface area contributed by atoms with Gasteiger partial charge in [-0.1, -0.05) is 104 Å². The average Bonchev–Trinajstić information content (AvgIpc) is 3.46. The molecular weight excluding hydrogens is 326 g/mol. The van der Waals surface area contributed by atoms with Gasteiger partial charge in [-0.15, -0.1) is 6.58 Å². The van der Waals surface area contributed by atoms with Gasteiger partial charge in [-0.2, -0.15) is 0 Å². The van der Waals surface area contributed by atoms with E-state index in [1.165, 1.54) is 82.6 Å². The Labute approximate surface area is 172 Å². The van der Waals surface area contributed by atoms with Crippen molar-refractivity contribution in [1.29, 1.82) is 0 Å². The Morgan fingerprint density at radius 3 is 2.07 bits per heavy atom. The third-order valence-corrected chi connectivity index (χ3v) is 6.07. The summed E-state index contributed by atoms with van der Waals surface area (Å²) in [6.45, 7) is 17.8. The summed E-state index contributed by atoms with van der Waals surface area (Å²) < 4.78 is 0. The molecule has 1 unspecified atom stereocenters. The molecule has 2 aliphatic carbocycles. The molecule has 0 aromatic rings. The second-order valence-electron chi connectivity index (χ2n) is 9.15. The van der Waals surface area contributed by atoms with Crippen LogP contribution in [0.25, 0.3) is 0 Å². The Bertz CT molecular complexity index is 347. The Morgan fingerprint density at radius 2 is 1.67 bits per heavy atom. The standard InChI is InChI=1S/C12H22.C10H21N.C4H8/c1-2-3-4-6-9-12-10-7-5-8-11-12;1-6-10(7-11-5)9(4)8(2)3;1-4-2-3-4/h2,12H,1,3-11H2;8,10-11H,4,6-7H2,1-3,5H3;4H,2-3H2,1H3. The molecule has 2 saturated carbocycles. The molecule has 0 heterocycles. The highest BCUT2D eigenvalue weighted by Crippen LogP contribution is 2.28. The van der Waals surface area contributed by atoms with Gasteiger partial charge in [0.1, 0.15) is 0 Å². The minimum Gasteiger partial charge on any atom is -0.319 e. The summed E-state index contributed by atoms with van der Waals surface area (Å²) in [6.07, 6.45) is 19.2. The topological polar surface area (TPSA) is 12.0 Å². The molecule has 0 radical (unpaired) electrons. The minimum atomic E-state index is 0.619. The van der Waals surface area contributed by atoms with E-state index in [0.29, 0.717) is 11.8 Å². The van der Waals surface area contributed by atoms with Crippen molar-refractivity contribution in [1.82, 2.24) is 5.32 Å². The van der Waals surface area contributed by atoms with Crippen LogP contribution in [0.4, 0.5) is 0 Å². The van der Waals surface area contributed by atoms with E-state index in [-0.39, 0.29) is 0 Å². The maximum atomic E-state index is 4.10. The second kappa shape index (κ2) is 17.5. The lowest BCUT2D eigenvalue weighted by Crippen LogP contribution is -2.21. The number of nitrogens with one attached hydrogen (secondary N) is 1. The predicted molar refractivity (Wildman–Crippen MR) is 125 cm³/mol. The first-order valence-electron chi connectivity index (χ1n) is 11.9. The van der Waals surface area contributed by atoms with E-state index in [2.05, 4.69) is 46.2 Å². The molecule has 0 saturated heterocycles. The van der Waals surface area contributed by atoms with Gasteiger partial charge in [0.05, 0.1) is 0 Å². The molecular formula is C26H51N. The van der Waals surface area contributed by atoms with Crippen molar-refractivity contribution in [3.05, 3.63) is 24.8 Å². The number of unbranched alkanes of at least 4 members (excludes halogenated alkanes) is 2. The zero-order chi connectivity index (χ0) is 20.5. The van der Waals surface area contributed by atoms with Gasteiger partial charge in [0.25, 0.3) is 0 Å². The zero-order valence-electron chi connectivity index (χ0n) is 19.5. The Morgan fingerprint density at radius 1 is 1.07 bits per heavy atom. The van der Waals surface area contributed by atoms with Crippen LogP contribution >= 0.6 is 0 Å². The Kier molecular flexibility index (Phi) is 17.2. The van der Waals surface area contributed by atoms with Crippen LogP contribution in [-0.4, -0.2) is 13.6 Å². The lowest BCUT2D eigenvalue weighted by Gasteiger charge is -2.20. The average molecular weight is 378 g/mol. The van der Waals surface area contributed by atoms with E-state index in [0.717, 1.165) is 18.4 Å². The van der Waals surface area contributed by atoms with Crippen molar-refractivity contribution in [3.63, 3.8) is 0 Å². The molecule has 0 aliphatic heterocycles. The highest BCUT2D eigenvalue weighted by atomic mass is 14.8. The van der Waals surface area contributed by atoms with Crippen LogP contribution in [0, 0.1) is 23.7 Å². The summed E-state index contributed by atoms with van der Waals surface area (Å²) in [5.74, 6) is 3.43. The fourth-order valence-electron chi connectivity index (χ4n) is 3.62. The number of hydrogen-bond acceptors (Lipinski definition) is 1. The van der Waals surface area contributed by atoms with Gasteiger partial charge in [0.2, 0.25) is 0 Å². The Balaban J connectivity index is 0.000000416. The predicted octanol–water partition coefficient (Wildman–Crippen LogP) is 8.17. The summed E-state index contributed by atoms with van der Waals surface area (Å²) in [7, 11) is 2.00. The summed E-state index contributed by atoms with van der Waals surface area (Å²) in [5.41, 5.74) is 1.38. The second-order valence-corrected chi connectivity index (χ2v) is 9.15. The van der Waals surface area contributed by atoms with Gasteiger partial charge in [-0.05, 0) is 50.0 Å². The van der Waals surface area contributed by atoms with Gasteiger partial charge >= 0.3 is 0 Å². The van der Waals surface area contributed by atoms with E-state index in [4.69, 9.17) is 0 Å². The zero-order valence-corrected chi connectivity index (χ0v) is 19.5. The van der Waals surface area contributed by atoms with Gasteiger partial charge in [-0.25, -0.2) is 0 Å². The largest absolute Gasteiger partial charge is 0.319 e. The fraction of sp³-hybridized carbons (Fsp3) is 0.846. The molecule has 0 aromatic carbocycles. The molecule has 0 aromatic heterocycles. The number of hydrogen-bond donors (Lipinski definition) is 1. The first-order chi connectivity index (χ1) is 13.0. The molecule has 1 N–H and O–H groups in total. The van der Waals surface area contributed by atoms with Crippen molar-refractivity contribution in [2.24, 2.45) is 23.7 Å². The molecule has 0 bridgehead atoms. The van der Waals surface area contributed by atoms with Gasteiger partial charge in [0.15, 0.2) is 0 Å². The van der Waals surface area contributed by atoms with E-state index in [1.807, 2.05) is 13.1 Å². The summed E-state index contributed by atoms with van der Waals surface area (Å²) in [6, 6.07) is 0. The number of rotatable bonds is 10. The molecule has 0 spiro atoms. The number of allylic oxidation sites excluding steroid dienone is 1. The van der Waals surface area contributed by atoms with Gasteiger partial charge in [0, 0.05) is 6.54 Å². The van der Waals surface area contributed by atoms with Crippen molar-refractivity contribution in [2.75, 3.05) is 13.6 Å². The lowest BCUT2D eigenvalue weighted by molar-refractivity contribution is 0.330. The van der Waals surface area contributed by atoms with E-state index in [1.54, 1.807) is 0 Å². The van der Waals surface area contributed by atoms with Crippen molar-refractivity contribution >= 4 is 0 Å². The molecule has 0 amide bonds. The van der Waals surface area contributed by atoms with Crippen molar-refractivity contribution in [3.8, 4) is 0 Å². The van der Waals surface area contributed by atoms with Crippen LogP contribution in [0.1, 0.15) is 105 Å². The molecule has 2 aliphatic rings. The van der Waals surface area contributed by atoms with Crippen LogP contribution in [0.15, 0.2) is 24.8 Å². The monoisotopic (exact) mass is 377 g/mol. The van der Waals surface area contributed by atoms with Crippen LogP contribution in [0.3, 0.4) is 0 Å². The van der Waals surface area contributed by atoms with Crippen molar-refractivity contribution in [2.45, 2.75) is 105 Å². The summed E-state index contributed by atoms with van der Waals surface area (Å²) in [4.78, 5) is 0. The molecule has 1 heteroatoms. The van der Waals surface area contributed by atoms with Crippen LogP contribution < -0.4 is 5.32 Å². The highest BCUT2D eigenvalue weighted by Gasteiger charge is 2.13. The molecule has 27 heavy (non-hydrogen) atoms. The third-order valence-electron chi connectivity index (χ3n) is 6.07. The molecule has 2 rings (SSSR count). The molecule has 2 fully saturated rings. The normalized spacial score (nSPS) is 18.0. The highest BCUT2D eigenvalue weighted by molar-refractivity contribution is 5.03. The van der Waals surface area contributed by atoms with E-state index in [9.17, 15) is 0 Å². The fourth-order valence-corrected chi connectivity index (χ4v) is 3.62. The van der Waals surface area contributed by atoms with Crippen LogP contribution in [0.2, 0.25) is 0 Å². The lowest BCUT2D eigenvalue weighted by atomic mass is 9.86. The van der Waals surface area contributed by atoms with Crippen LogP contribution in [-0.2, 0) is 0 Å². The summed E-state index contributed by atoms with van der Waals surface area (Å²) >= 11 is 0. The van der Waals surface area contributed by atoms with E-state index >= 15 is 0 Å². The Hall–Kier alpha value is -0.560. The quantitative estimate of drug-likeness (QED) is 0.299. The molecule has 160 valence electrons. The van der Waals surface area contributed by atoms with Crippen molar-refractivity contribution < 1.29 is 0 Å². The smallest absolute Gasteiger partial charge is 0.00137 e. The first-order valence-corrected chi connectivity index (χ1v) is 11.9. The van der Waals surface area contributed by atoms with Gasteiger partial charge < -0.3 is 5.32 Å². The summed E-state index contributed by atoms with van der Waals surface area (Å²) in [5, 5.41) is 3.19. The minimum absolute atomic E-state index is 0.619. The maximum Gasteiger partial charge on any atom is 0.00137 e. The van der Waals surface area contributed by atoms with E-state index < -0.39 is 0 Å². The molecule has 1 nitrogen and oxygen atoms in total. The van der Waals surface area contributed by atoms with Crippen LogP contribution in [0.5, 0.6) is 0 Å².